The van der Waals surface area contributed by atoms with E-state index in [9.17, 15) is 14.0 Å². The number of imide groups is 1. The molecule has 31 heavy (non-hydrogen) atoms. The van der Waals surface area contributed by atoms with Gasteiger partial charge in [-0.2, -0.15) is 0 Å². The van der Waals surface area contributed by atoms with Gasteiger partial charge in [0.2, 0.25) is 0 Å². The Labute approximate surface area is 199 Å². The van der Waals surface area contributed by atoms with Crippen LogP contribution in [0, 0.1) is 15.3 Å². The fraction of sp³-hybridized carbons (Fsp3) is 0.333. The first-order chi connectivity index (χ1) is 15.0. The smallest absolute Gasteiger partial charge is 0.293 e. The lowest BCUT2D eigenvalue weighted by Gasteiger charge is -2.25. The predicted octanol–water partition coefficient (Wildman–Crippen LogP) is 6.63. The quantitative estimate of drug-likeness (QED) is 0.299. The summed E-state index contributed by atoms with van der Waals surface area (Å²) in [5.41, 5.74) is 1.32. The molecule has 0 bridgehead atoms. The Morgan fingerprint density at radius 3 is 2.65 bits per heavy atom. The Hall–Kier alpha value is -1.87. The van der Waals surface area contributed by atoms with Gasteiger partial charge in [-0.25, -0.2) is 4.39 Å². The van der Waals surface area contributed by atoms with Crippen LogP contribution in [0.15, 0.2) is 47.4 Å². The Bertz CT molecular complexity index is 1020. The Kier molecular flexibility index (Phi) is 7.32. The maximum absolute atomic E-state index is 13.8. The van der Waals surface area contributed by atoms with E-state index in [0.717, 1.165) is 33.7 Å². The summed E-state index contributed by atoms with van der Waals surface area (Å²) in [5.74, 6) is 0.577. The lowest BCUT2D eigenvalue weighted by Crippen LogP contribution is -2.34. The normalized spacial score (nSPS) is 18.8. The number of carbonyl (C=O) groups is 2. The van der Waals surface area contributed by atoms with Crippen molar-refractivity contribution in [1.29, 1.82) is 0 Å². The molecule has 0 atom stereocenters. The van der Waals surface area contributed by atoms with Crippen molar-refractivity contribution in [2.45, 2.75) is 38.7 Å². The first-order valence-corrected chi connectivity index (χ1v) is 12.3. The van der Waals surface area contributed by atoms with Gasteiger partial charge in [0.1, 0.15) is 18.2 Å². The fourth-order valence-corrected chi connectivity index (χ4v) is 5.47. The van der Waals surface area contributed by atoms with Crippen molar-refractivity contribution in [3.05, 3.63) is 67.9 Å². The van der Waals surface area contributed by atoms with Crippen LogP contribution >= 0.6 is 34.4 Å². The van der Waals surface area contributed by atoms with E-state index < -0.39 is 0 Å². The molecule has 4 nitrogen and oxygen atoms in total. The van der Waals surface area contributed by atoms with Crippen molar-refractivity contribution >= 4 is 51.6 Å². The molecule has 2 aliphatic rings. The number of carbonyl (C=O) groups excluding carboxylic acids is 2. The number of benzene rings is 2. The molecular formula is C24H23FINO3S. The largest absolute Gasteiger partial charge is 0.488 e. The highest BCUT2D eigenvalue weighted by Gasteiger charge is 2.36. The van der Waals surface area contributed by atoms with E-state index in [1.807, 2.05) is 12.1 Å². The van der Waals surface area contributed by atoms with Crippen LogP contribution in [0.2, 0.25) is 0 Å². The highest BCUT2D eigenvalue weighted by molar-refractivity contribution is 14.1. The van der Waals surface area contributed by atoms with Crippen molar-refractivity contribution in [2.24, 2.45) is 5.92 Å². The summed E-state index contributed by atoms with van der Waals surface area (Å²) in [6.45, 7) is 0.671. The Morgan fingerprint density at radius 1 is 1.13 bits per heavy atom. The van der Waals surface area contributed by atoms with E-state index in [1.165, 1.54) is 30.2 Å². The first kappa shape index (κ1) is 22.3. The third-order valence-corrected chi connectivity index (χ3v) is 7.38. The minimum Gasteiger partial charge on any atom is -0.488 e. The highest BCUT2D eigenvalue weighted by Crippen LogP contribution is 2.35. The molecule has 0 radical (unpaired) electrons. The zero-order valence-electron chi connectivity index (χ0n) is 17.0. The molecule has 162 valence electrons. The number of ether oxygens (including phenoxy) is 1. The average molecular weight is 551 g/mol. The van der Waals surface area contributed by atoms with Gasteiger partial charge < -0.3 is 4.74 Å². The van der Waals surface area contributed by atoms with Crippen molar-refractivity contribution < 1.29 is 18.7 Å². The molecular weight excluding hydrogens is 528 g/mol. The molecule has 0 N–H and O–H groups in total. The number of hydrogen-bond donors (Lipinski definition) is 0. The minimum absolute atomic E-state index is 0.141. The average Bonchev–Trinajstić information content (AvgIpc) is 3.02. The molecule has 4 rings (SSSR count). The molecule has 1 saturated carbocycles. The molecule has 0 spiro atoms. The number of halogens is 2. The topological polar surface area (TPSA) is 46.6 Å². The third-order valence-electron chi connectivity index (χ3n) is 5.63. The van der Waals surface area contributed by atoms with E-state index in [4.69, 9.17) is 4.74 Å². The lowest BCUT2D eigenvalue weighted by molar-refractivity contribution is -0.123. The number of amides is 2. The fourth-order valence-electron chi connectivity index (χ4n) is 3.93. The second kappa shape index (κ2) is 10.2. The Balaban J connectivity index is 1.42. The molecule has 0 aromatic heterocycles. The van der Waals surface area contributed by atoms with Crippen molar-refractivity contribution in [1.82, 2.24) is 4.90 Å². The molecule has 1 saturated heterocycles. The summed E-state index contributed by atoms with van der Waals surface area (Å²) >= 11 is 3.16. The van der Waals surface area contributed by atoms with Gasteiger partial charge in [0.15, 0.2) is 0 Å². The minimum atomic E-state index is -0.293. The van der Waals surface area contributed by atoms with Gasteiger partial charge in [0.25, 0.3) is 11.1 Å². The van der Waals surface area contributed by atoms with Crippen molar-refractivity contribution in [2.75, 3.05) is 6.54 Å². The van der Waals surface area contributed by atoms with Gasteiger partial charge in [-0.3, -0.25) is 14.5 Å². The van der Waals surface area contributed by atoms with E-state index in [2.05, 4.69) is 22.6 Å². The first-order valence-electron chi connectivity index (χ1n) is 10.4. The van der Waals surface area contributed by atoms with Gasteiger partial charge in [-0.1, -0.05) is 43.5 Å². The Morgan fingerprint density at radius 2 is 1.90 bits per heavy atom. The maximum Gasteiger partial charge on any atom is 0.293 e. The summed E-state index contributed by atoms with van der Waals surface area (Å²) in [4.78, 5) is 27.1. The lowest BCUT2D eigenvalue weighted by atomic mass is 9.89. The van der Waals surface area contributed by atoms with Crippen molar-refractivity contribution in [3.63, 3.8) is 0 Å². The van der Waals surface area contributed by atoms with Gasteiger partial charge in [-0.15, -0.1) is 0 Å². The van der Waals surface area contributed by atoms with Crippen LogP contribution in [0.25, 0.3) is 6.08 Å². The van der Waals surface area contributed by atoms with Crippen LogP contribution in [0.5, 0.6) is 5.75 Å². The van der Waals surface area contributed by atoms with Crippen LogP contribution in [-0.2, 0) is 11.4 Å². The van der Waals surface area contributed by atoms with Crippen molar-refractivity contribution in [3.8, 4) is 5.75 Å². The van der Waals surface area contributed by atoms with Gasteiger partial charge in [0, 0.05) is 12.1 Å². The van der Waals surface area contributed by atoms with Crippen LogP contribution in [0.3, 0.4) is 0 Å². The van der Waals surface area contributed by atoms with E-state index >= 15 is 0 Å². The molecule has 1 heterocycles. The third kappa shape index (κ3) is 5.49. The standard InChI is InChI=1S/C24H23FINO3S/c25-19-9-5-4-8-18(19)15-30-21-11-10-17(12-20(21)26)13-22-23(28)27(24(29)31-22)14-16-6-2-1-3-7-16/h4-5,8-13,16H,1-3,6-7,14-15H2/b22-13+. The summed E-state index contributed by atoms with van der Waals surface area (Å²) < 4.78 is 20.4. The summed E-state index contributed by atoms with van der Waals surface area (Å²) in [7, 11) is 0. The second-order valence-electron chi connectivity index (χ2n) is 7.87. The molecule has 1 aliphatic carbocycles. The summed E-state index contributed by atoms with van der Waals surface area (Å²) in [6, 6.07) is 12.1. The van der Waals surface area contributed by atoms with Gasteiger partial charge >= 0.3 is 0 Å². The van der Waals surface area contributed by atoms with E-state index in [-0.39, 0.29) is 23.6 Å². The molecule has 7 heteroatoms. The van der Waals surface area contributed by atoms with E-state index in [1.54, 1.807) is 30.3 Å². The van der Waals surface area contributed by atoms with Crippen LogP contribution in [-0.4, -0.2) is 22.6 Å². The molecule has 0 unspecified atom stereocenters. The maximum atomic E-state index is 13.8. The number of rotatable bonds is 6. The number of nitrogens with zero attached hydrogens (tertiary/aromatic N) is 1. The second-order valence-corrected chi connectivity index (χ2v) is 10.0. The summed E-state index contributed by atoms with van der Waals surface area (Å²) in [6.07, 6.45) is 7.55. The molecule has 2 fully saturated rings. The van der Waals surface area contributed by atoms with Gasteiger partial charge in [-0.05, 0) is 83.0 Å². The highest BCUT2D eigenvalue weighted by atomic mass is 127. The van der Waals surface area contributed by atoms with Crippen LogP contribution in [0.4, 0.5) is 9.18 Å². The monoisotopic (exact) mass is 551 g/mol. The molecule has 2 amide bonds. The van der Waals surface area contributed by atoms with Crippen LogP contribution < -0.4 is 4.74 Å². The van der Waals surface area contributed by atoms with Gasteiger partial charge in [0.05, 0.1) is 8.48 Å². The molecule has 2 aromatic carbocycles. The molecule has 2 aromatic rings. The predicted molar refractivity (Wildman–Crippen MR) is 129 cm³/mol. The van der Waals surface area contributed by atoms with Crippen LogP contribution in [0.1, 0.15) is 43.2 Å². The zero-order chi connectivity index (χ0) is 21.8. The number of hydrogen-bond acceptors (Lipinski definition) is 4. The zero-order valence-corrected chi connectivity index (χ0v) is 20.0. The van der Waals surface area contributed by atoms with E-state index in [0.29, 0.717) is 28.7 Å². The number of thioether (sulfide) groups is 1. The molecule has 1 aliphatic heterocycles. The SMILES string of the molecule is O=C1S/C(=C/c2ccc(OCc3ccccc3F)c(I)c2)C(=O)N1CC1CCCCC1. The summed E-state index contributed by atoms with van der Waals surface area (Å²) in [5, 5.41) is -0.179.